The first-order valence-electron chi connectivity index (χ1n) is 9.00. The van der Waals surface area contributed by atoms with E-state index in [9.17, 15) is 0 Å². The molecule has 1 unspecified atom stereocenters. The SMILES string of the molecule is CCNC(=NCCCOC(C)C)NC(C)Cc1c(C)nn(C)c1C. The number of hydrogen-bond donors (Lipinski definition) is 2. The highest BCUT2D eigenvalue weighted by molar-refractivity contribution is 5.80. The molecule has 0 saturated carbocycles. The minimum absolute atomic E-state index is 0.284. The first kappa shape index (κ1) is 20.5. The van der Waals surface area contributed by atoms with Gasteiger partial charge in [-0.3, -0.25) is 9.67 Å². The molecule has 6 nitrogen and oxygen atoms in total. The van der Waals surface area contributed by atoms with E-state index >= 15 is 0 Å². The van der Waals surface area contributed by atoms with Gasteiger partial charge in [0.25, 0.3) is 0 Å². The number of nitrogens with one attached hydrogen (secondary N) is 2. The smallest absolute Gasteiger partial charge is 0.191 e. The number of aromatic nitrogens is 2. The van der Waals surface area contributed by atoms with Gasteiger partial charge in [0.15, 0.2) is 5.96 Å². The lowest BCUT2D eigenvalue weighted by molar-refractivity contribution is 0.0782. The fourth-order valence-corrected chi connectivity index (χ4v) is 2.60. The summed E-state index contributed by atoms with van der Waals surface area (Å²) >= 11 is 0. The van der Waals surface area contributed by atoms with Crippen molar-refractivity contribution in [1.82, 2.24) is 20.4 Å². The summed E-state index contributed by atoms with van der Waals surface area (Å²) in [5.41, 5.74) is 3.66. The van der Waals surface area contributed by atoms with Crippen LogP contribution in [0.1, 0.15) is 51.1 Å². The molecule has 1 atom stereocenters. The molecule has 1 aromatic rings. The summed E-state index contributed by atoms with van der Waals surface area (Å²) in [6.45, 7) is 14.9. The van der Waals surface area contributed by atoms with Crippen LogP contribution in [0.3, 0.4) is 0 Å². The van der Waals surface area contributed by atoms with Gasteiger partial charge in [-0.2, -0.15) is 5.10 Å². The molecular weight excluding hydrogens is 302 g/mol. The van der Waals surface area contributed by atoms with Crippen molar-refractivity contribution in [3.05, 3.63) is 17.0 Å². The highest BCUT2D eigenvalue weighted by Crippen LogP contribution is 2.14. The van der Waals surface area contributed by atoms with Crippen LogP contribution in [-0.4, -0.2) is 47.6 Å². The largest absolute Gasteiger partial charge is 0.379 e. The van der Waals surface area contributed by atoms with E-state index in [4.69, 9.17) is 4.74 Å². The Hall–Kier alpha value is -1.56. The van der Waals surface area contributed by atoms with E-state index in [0.29, 0.717) is 0 Å². The Balaban J connectivity index is 2.54. The quantitative estimate of drug-likeness (QED) is 0.412. The average molecular weight is 338 g/mol. The van der Waals surface area contributed by atoms with Crippen molar-refractivity contribution in [2.45, 2.75) is 66.5 Å². The second-order valence-corrected chi connectivity index (χ2v) is 6.56. The molecule has 0 aliphatic rings. The highest BCUT2D eigenvalue weighted by atomic mass is 16.5. The van der Waals surface area contributed by atoms with E-state index in [0.717, 1.165) is 44.2 Å². The predicted molar refractivity (Wildman–Crippen MR) is 101 cm³/mol. The molecule has 0 aliphatic carbocycles. The first-order valence-corrected chi connectivity index (χ1v) is 9.00. The standard InChI is InChI=1S/C18H35N5O/c1-8-19-18(20-10-9-11-24-13(2)3)21-14(4)12-17-15(5)22-23(7)16(17)6/h13-14H,8-12H2,1-7H3,(H2,19,20,21). The summed E-state index contributed by atoms with van der Waals surface area (Å²) in [6, 6.07) is 0.288. The first-order chi connectivity index (χ1) is 11.3. The number of hydrogen-bond acceptors (Lipinski definition) is 3. The van der Waals surface area contributed by atoms with Gasteiger partial charge in [0.2, 0.25) is 0 Å². The molecule has 1 rings (SSSR count). The summed E-state index contributed by atoms with van der Waals surface area (Å²) in [7, 11) is 1.99. The van der Waals surface area contributed by atoms with Crippen molar-refractivity contribution in [2.75, 3.05) is 19.7 Å². The average Bonchev–Trinajstić information content (AvgIpc) is 2.73. The van der Waals surface area contributed by atoms with E-state index in [-0.39, 0.29) is 12.1 Å². The third kappa shape index (κ3) is 6.91. The van der Waals surface area contributed by atoms with E-state index in [1.54, 1.807) is 0 Å². The van der Waals surface area contributed by atoms with Crippen LogP contribution in [0.4, 0.5) is 0 Å². The van der Waals surface area contributed by atoms with Gasteiger partial charge in [-0.05, 0) is 59.9 Å². The fourth-order valence-electron chi connectivity index (χ4n) is 2.60. The third-order valence-corrected chi connectivity index (χ3v) is 3.92. The molecule has 24 heavy (non-hydrogen) atoms. The Kier molecular flexibility index (Phi) is 8.82. The van der Waals surface area contributed by atoms with Crippen LogP contribution in [0.25, 0.3) is 0 Å². The van der Waals surface area contributed by atoms with Crippen LogP contribution in [0, 0.1) is 13.8 Å². The molecule has 0 amide bonds. The van der Waals surface area contributed by atoms with E-state index in [1.807, 2.05) is 11.7 Å². The molecule has 0 spiro atoms. The molecule has 0 aromatic carbocycles. The van der Waals surface area contributed by atoms with Gasteiger partial charge < -0.3 is 15.4 Å². The molecule has 138 valence electrons. The van der Waals surface area contributed by atoms with Gasteiger partial charge in [0.1, 0.15) is 0 Å². The van der Waals surface area contributed by atoms with Crippen LogP contribution in [0.5, 0.6) is 0 Å². The zero-order valence-electron chi connectivity index (χ0n) is 16.4. The molecule has 0 saturated heterocycles. The topological polar surface area (TPSA) is 63.5 Å². The number of aliphatic imine (C=N–C) groups is 1. The summed E-state index contributed by atoms with van der Waals surface area (Å²) in [6.07, 6.45) is 2.16. The molecule has 2 N–H and O–H groups in total. The normalized spacial score (nSPS) is 13.4. The van der Waals surface area contributed by atoms with Crippen LogP contribution < -0.4 is 10.6 Å². The molecular formula is C18H35N5O. The van der Waals surface area contributed by atoms with Gasteiger partial charge in [-0.15, -0.1) is 0 Å². The molecule has 0 fully saturated rings. The zero-order chi connectivity index (χ0) is 18.1. The summed E-state index contributed by atoms with van der Waals surface area (Å²) in [5.74, 6) is 0.869. The minimum atomic E-state index is 0.284. The number of guanidine groups is 1. The van der Waals surface area contributed by atoms with Gasteiger partial charge in [0, 0.05) is 38.5 Å². The number of aryl methyl sites for hydroxylation is 2. The van der Waals surface area contributed by atoms with Crippen LogP contribution in [-0.2, 0) is 18.2 Å². The second-order valence-electron chi connectivity index (χ2n) is 6.56. The second kappa shape index (κ2) is 10.3. The van der Waals surface area contributed by atoms with Crippen molar-refractivity contribution in [2.24, 2.45) is 12.0 Å². The number of nitrogens with zero attached hydrogens (tertiary/aromatic N) is 3. The van der Waals surface area contributed by atoms with Gasteiger partial charge in [-0.25, -0.2) is 0 Å². The molecule has 0 bridgehead atoms. The maximum atomic E-state index is 5.55. The monoisotopic (exact) mass is 337 g/mol. The Labute approximate surface area is 147 Å². The van der Waals surface area contributed by atoms with E-state index < -0.39 is 0 Å². The van der Waals surface area contributed by atoms with Crippen molar-refractivity contribution in [3.8, 4) is 0 Å². The van der Waals surface area contributed by atoms with Gasteiger partial charge in [0.05, 0.1) is 11.8 Å². The van der Waals surface area contributed by atoms with Crippen molar-refractivity contribution in [1.29, 1.82) is 0 Å². The number of rotatable bonds is 9. The maximum Gasteiger partial charge on any atom is 0.191 e. The third-order valence-electron chi connectivity index (χ3n) is 3.92. The highest BCUT2D eigenvalue weighted by Gasteiger charge is 2.13. The van der Waals surface area contributed by atoms with Gasteiger partial charge in [-0.1, -0.05) is 0 Å². The van der Waals surface area contributed by atoms with Crippen LogP contribution >= 0.6 is 0 Å². The molecule has 0 radical (unpaired) electrons. The predicted octanol–water partition coefficient (Wildman–Crippen LogP) is 2.34. The molecule has 0 aliphatic heterocycles. The summed E-state index contributed by atoms with van der Waals surface area (Å²) < 4.78 is 7.50. The Morgan fingerprint density at radius 3 is 2.54 bits per heavy atom. The Morgan fingerprint density at radius 2 is 2.00 bits per heavy atom. The van der Waals surface area contributed by atoms with E-state index in [2.05, 4.69) is 62.3 Å². The lowest BCUT2D eigenvalue weighted by Gasteiger charge is -2.18. The van der Waals surface area contributed by atoms with Crippen LogP contribution in [0.2, 0.25) is 0 Å². The summed E-state index contributed by atoms with van der Waals surface area (Å²) in [5, 5.41) is 11.3. The van der Waals surface area contributed by atoms with E-state index in [1.165, 1.54) is 11.3 Å². The van der Waals surface area contributed by atoms with Crippen molar-refractivity contribution >= 4 is 5.96 Å². The Morgan fingerprint density at radius 1 is 1.29 bits per heavy atom. The minimum Gasteiger partial charge on any atom is -0.379 e. The van der Waals surface area contributed by atoms with Crippen LogP contribution in [0.15, 0.2) is 4.99 Å². The van der Waals surface area contributed by atoms with Crippen molar-refractivity contribution < 1.29 is 4.74 Å². The molecule has 1 aromatic heterocycles. The van der Waals surface area contributed by atoms with Crippen molar-refractivity contribution in [3.63, 3.8) is 0 Å². The lowest BCUT2D eigenvalue weighted by Crippen LogP contribution is -2.43. The van der Waals surface area contributed by atoms with Gasteiger partial charge >= 0.3 is 0 Å². The summed E-state index contributed by atoms with van der Waals surface area (Å²) in [4.78, 5) is 4.64. The fraction of sp³-hybridized carbons (Fsp3) is 0.778. The Bertz CT molecular complexity index is 522. The zero-order valence-corrected chi connectivity index (χ0v) is 16.4. The lowest BCUT2D eigenvalue weighted by atomic mass is 10.1. The molecule has 1 heterocycles. The molecule has 6 heteroatoms. The maximum absolute atomic E-state index is 5.55. The number of ether oxygens (including phenoxy) is 1.